The molecule has 1 heterocycles. The maximum absolute atomic E-state index is 13.7. The van der Waals surface area contributed by atoms with Crippen LogP contribution in [0.1, 0.15) is 0 Å². The van der Waals surface area contributed by atoms with E-state index in [2.05, 4.69) is 5.32 Å². The van der Waals surface area contributed by atoms with Gasteiger partial charge in [-0.1, -0.05) is 41.9 Å². The number of hydrogen-bond acceptors (Lipinski definition) is 1. The van der Waals surface area contributed by atoms with Gasteiger partial charge in [0.2, 0.25) is 6.54 Å². The fourth-order valence-corrected chi connectivity index (χ4v) is 2.53. The number of halogens is 2. The van der Waals surface area contributed by atoms with E-state index in [4.69, 9.17) is 11.6 Å². The number of pyridine rings is 1. The molecule has 0 aliphatic heterocycles. The summed E-state index contributed by atoms with van der Waals surface area (Å²) in [6.45, 7) is 0.0861. The van der Waals surface area contributed by atoms with Gasteiger partial charge in [0.05, 0.1) is 5.69 Å². The lowest BCUT2D eigenvalue weighted by atomic mass is 10.1. The first-order valence-corrected chi connectivity index (χ1v) is 7.79. The molecule has 0 unspecified atom stereocenters. The molecule has 3 nitrogen and oxygen atoms in total. The molecule has 0 aliphatic carbocycles. The van der Waals surface area contributed by atoms with E-state index >= 15 is 0 Å². The summed E-state index contributed by atoms with van der Waals surface area (Å²) in [4.78, 5) is 12.1. The number of benzene rings is 2. The molecule has 3 aromatic rings. The lowest BCUT2D eigenvalue weighted by Gasteiger charge is -2.05. The van der Waals surface area contributed by atoms with Gasteiger partial charge in [-0.05, 0) is 29.8 Å². The summed E-state index contributed by atoms with van der Waals surface area (Å²) < 4.78 is 15.5. The van der Waals surface area contributed by atoms with Crippen molar-refractivity contribution in [1.82, 2.24) is 0 Å². The number of carbonyl (C=O) groups excluding carboxylic acids is 1. The van der Waals surface area contributed by atoms with Crippen LogP contribution in [0, 0.1) is 5.82 Å². The second kappa shape index (κ2) is 7.23. The molecule has 0 fully saturated rings. The number of carbonyl (C=O) groups is 1. The van der Waals surface area contributed by atoms with Gasteiger partial charge in [0.25, 0.3) is 5.91 Å². The Balaban J connectivity index is 1.73. The summed E-state index contributed by atoms with van der Waals surface area (Å²) in [6, 6.07) is 17.9. The molecular weight excluding hydrogens is 327 g/mol. The smallest absolute Gasteiger partial charge is 0.290 e. The van der Waals surface area contributed by atoms with Crippen LogP contribution in [0.4, 0.5) is 10.1 Å². The third-order valence-corrected chi connectivity index (χ3v) is 3.73. The summed E-state index contributed by atoms with van der Waals surface area (Å²) in [5.41, 5.74) is 2.18. The predicted octanol–water partition coefficient (Wildman–Crippen LogP) is 4.07. The van der Waals surface area contributed by atoms with Crippen LogP contribution in [-0.4, -0.2) is 5.91 Å². The minimum absolute atomic E-state index is 0.0861. The highest BCUT2D eigenvalue weighted by Crippen LogP contribution is 2.19. The Kier molecular flexibility index (Phi) is 4.87. The quantitative estimate of drug-likeness (QED) is 0.713. The zero-order valence-electron chi connectivity index (χ0n) is 12.7. The second-order valence-electron chi connectivity index (χ2n) is 5.30. The van der Waals surface area contributed by atoms with Gasteiger partial charge in [-0.2, -0.15) is 4.57 Å². The third kappa shape index (κ3) is 3.97. The Hall–Kier alpha value is -2.72. The zero-order chi connectivity index (χ0) is 16.9. The van der Waals surface area contributed by atoms with Crippen molar-refractivity contribution in [2.24, 2.45) is 0 Å². The normalized spacial score (nSPS) is 10.4. The number of rotatable bonds is 4. The van der Waals surface area contributed by atoms with Gasteiger partial charge in [0.15, 0.2) is 12.4 Å². The Bertz CT molecular complexity index is 868. The van der Waals surface area contributed by atoms with Gasteiger partial charge in [0, 0.05) is 16.7 Å². The maximum Gasteiger partial charge on any atom is 0.290 e. The number of hydrogen-bond donors (Lipinski definition) is 1. The highest BCUT2D eigenvalue weighted by Gasteiger charge is 2.13. The van der Waals surface area contributed by atoms with E-state index < -0.39 is 5.82 Å². The number of nitrogens with one attached hydrogen (secondary N) is 1. The van der Waals surface area contributed by atoms with Crippen LogP contribution in [0.15, 0.2) is 73.1 Å². The Morgan fingerprint density at radius 1 is 1.04 bits per heavy atom. The number of amides is 1. The summed E-state index contributed by atoms with van der Waals surface area (Å²) in [5.74, 6) is -0.870. The van der Waals surface area contributed by atoms with Crippen molar-refractivity contribution >= 4 is 23.2 Å². The molecule has 1 amide bonds. The van der Waals surface area contributed by atoms with Crippen molar-refractivity contribution in [2.75, 3.05) is 5.32 Å². The van der Waals surface area contributed by atoms with Gasteiger partial charge < -0.3 is 5.32 Å². The number of anilines is 1. The molecule has 0 saturated heterocycles. The molecule has 0 saturated carbocycles. The predicted molar refractivity (Wildman–Crippen MR) is 92.1 cm³/mol. The molecular formula is C19H15ClFN2O+. The number of aromatic nitrogens is 1. The zero-order valence-corrected chi connectivity index (χ0v) is 13.5. The molecule has 0 spiro atoms. The first kappa shape index (κ1) is 16.1. The topological polar surface area (TPSA) is 33.0 Å². The van der Waals surface area contributed by atoms with Gasteiger partial charge in [-0.25, -0.2) is 4.39 Å². The van der Waals surface area contributed by atoms with Crippen molar-refractivity contribution in [1.29, 1.82) is 0 Å². The van der Waals surface area contributed by atoms with E-state index in [0.717, 1.165) is 11.1 Å². The molecule has 1 aromatic heterocycles. The van der Waals surface area contributed by atoms with Gasteiger partial charge in [-0.15, -0.1) is 0 Å². The molecule has 5 heteroatoms. The van der Waals surface area contributed by atoms with Crippen LogP contribution in [0.5, 0.6) is 0 Å². The molecule has 0 bridgehead atoms. The van der Waals surface area contributed by atoms with E-state index in [1.54, 1.807) is 10.8 Å². The number of nitrogens with zero attached hydrogens (tertiary/aromatic N) is 1. The van der Waals surface area contributed by atoms with E-state index in [1.165, 1.54) is 18.2 Å². The van der Waals surface area contributed by atoms with Gasteiger partial charge in [0.1, 0.15) is 5.82 Å². The Morgan fingerprint density at radius 3 is 2.54 bits per heavy atom. The largest absolute Gasteiger partial charge is 0.318 e. The molecule has 0 radical (unpaired) electrons. The fourth-order valence-electron chi connectivity index (χ4n) is 2.37. The van der Waals surface area contributed by atoms with Crippen molar-refractivity contribution < 1.29 is 13.8 Å². The van der Waals surface area contributed by atoms with E-state index in [9.17, 15) is 9.18 Å². The molecule has 1 N–H and O–H groups in total. The third-order valence-electron chi connectivity index (χ3n) is 3.50. The van der Waals surface area contributed by atoms with Crippen LogP contribution in [-0.2, 0) is 11.3 Å². The standard InChI is InChI=1S/C19H14ClFN2O/c20-16-8-9-18(17(21)11-16)22-19(24)13-23-10-4-7-15(12-23)14-5-2-1-3-6-14/h1-12H,13H2/p+1. The van der Waals surface area contributed by atoms with Crippen molar-refractivity contribution in [3.8, 4) is 11.1 Å². The summed E-state index contributed by atoms with van der Waals surface area (Å²) in [7, 11) is 0. The summed E-state index contributed by atoms with van der Waals surface area (Å²) in [5, 5.41) is 2.84. The first-order chi connectivity index (χ1) is 11.6. The first-order valence-electron chi connectivity index (χ1n) is 7.41. The molecule has 0 aliphatic rings. The van der Waals surface area contributed by atoms with Crippen molar-refractivity contribution in [3.05, 3.63) is 83.9 Å². The molecule has 3 rings (SSSR count). The lowest BCUT2D eigenvalue weighted by molar-refractivity contribution is -0.683. The van der Waals surface area contributed by atoms with E-state index in [-0.39, 0.29) is 23.2 Å². The molecule has 0 atom stereocenters. The monoisotopic (exact) mass is 341 g/mol. The Labute approximate surface area is 144 Å². The van der Waals surface area contributed by atoms with Crippen molar-refractivity contribution in [3.63, 3.8) is 0 Å². The molecule has 2 aromatic carbocycles. The highest BCUT2D eigenvalue weighted by atomic mass is 35.5. The van der Waals surface area contributed by atoms with E-state index in [1.807, 2.05) is 48.7 Å². The average molecular weight is 342 g/mol. The minimum Gasteiger partial charge on any atom is -0.318 e. The van der Waals surface area contributed by atoms with Crippen molar-refractivity contribution in [2.45, 2.75) is 6.54 Å². The minimum atomic E-state index is -0.557. The fraction of sp³-hybridized carbons (Fsp3) is 0.0526. The highest BCUT2D eigenvalue weighted by molar-refractivity contribution is 6.30. The second-order valence-corrected chi connectivity index (χ2v) is 5.74. The van der Waals surface area contributed by atoms with Crippen LogP contribution >= 0.6 is 11.6 Å². The van der Waals surface area contributed by atoms with Crippen LogP contribution < -0.4 is 9.88 Å². The van der Waals surface area contributed by atoms with Crippen LogP contribution in [0.3, 0.4) is 0 Å². The van der Waals surface area contributed by atoms with Gasteiger partial charge in [-0.3, -0.25) is 4.79 Å². The van der Waals surface area contributed by atoms with Gasteiger partial charge >= 0.3 is 0 Å². The Morgan fingerprint density at radius 2 is 1.79 bits per heavy atom. The van der Waals surface area contributed by atoms with Crippen LogP contribution in [0.25, 0.3) is 11.1 Å². The maximum atomic E-state index is 13.7. The molecule has 24 heavy (non-hydrogen) atoms. The molecule has 120 valence electrons. The van der Waals surface area contributed by atoms with E-state index in [0.29, 0.717) is 0 Å². The average Bonchev–Trinajstić information content (AvgIpc) is 2.58. The lowest BCUT2D eigenvalue weighted by Crippen LogP contribution is -2.39. The summed E-state index contributed by atoms with van der Waals surface area (Å²) in [6.07, 6.45) is 3.68. The van der Waals surface area contributed by atoms with Crippen LogP contribution in [0.2, 0.25) is 5.02 Å². The SMILES string of the molecule is O=C(C[n+]1cccc(-c2ccccc2)c1)Nc1ccc(Cl)cc1F. The summed E-state index contributed by atoms with van der Waals surface area (Å²) >= 11 is 5.70.